The Balaban J connectivity index is 1.78. The van der Waals surface area contributed by atoms with Crippen molar-refractivity contribution in [3.8, 4) is 0 Å². The fourth-order valence-corrected chi connectivity index (χ4v) is 4.16. The predicted octanol–water partition coefficient (Wildman–Crippen LogP) is 5.16. The molecule has 4 N–H and O–H groups in total. The van der Waals surface area contributed by atoms with Gasteiger partial charge in [-0.3, -0.25) is 0 Å². The zero-order chi connectivity index (χ0) is 22.8. The minimum Gasteiger partial charge on any atom is -0.381 e. The van der Waals surface area contributed by atoms with E-state index in [1.165, 1.54) is 6.07 Å². The van der Waals surface area contributed by atoms with Gasteiger partial charge in [-0.05, 0) is 66.8 Å². The molecule has 1 aliphatic carbocycles. The van der Waals surface area contributed by atoms with Gasteiger partial charge in [0.1, 0.15) is 0 Å². The maximum absolute atomic E-state index is 13.8. The number of hydrogen-bond donors (Lipinski definition) is 4. The Kier molecular flexibility index (Phi) is 6.93. The van der Waals surface area contributed by atoms with Crippen LogP contribution in [0.3, 0.4) is 0 Å². The molecule has 2 amide bonds. The third-order valence-electron chi connectivity index (χ3n) is 5.22. The first kappa shape index (κ1) is 23.5. The molecule has 0 fully saturated rings. The maximum atomic E-state index is 13.8. The molecule has 10 heteroatoms. The van der Waals surface area contributed by atoms with Crippen LogP contribution in [0.4, 0.5) is 23.7 Å². The summed E-state index contributed by atoms with van der Waals surface area (Å²) in [7, 11) is 0. The van der Waals surface area contributed by atoms with Crippen molar-refractivity contribution in [3.05, 3.63) is 63.1 Å². The van der Waals surface area contributed by atoms with Gasteiger partial charge in [0.2, 0.25) is 5.60 Å². The summed E-state index contributed by atoms with van der Waals surface area (Å²) >= 11 is 11.7. The number of benzene rings is 2. The van der Waals surface area contributed by atoms with Crippen LogP contribution in [-0.2, 0) is 12.0 Å². The van der Waals surface area contributed by atoms with Crippen molar-refractivity contribution in [2.24, 2.45) is 0 Å². The standard InChI is InChI=1S/C21H22Cl2F3N3O2/c1-2-27-19(30)29-18-6-3-12-7-16(4-5-17(12)18)28-11-20(31,21(24,25)26)13-8-14(22)10-15(23)9-13/h4-5,7-10,18,28,31H,2-3,6,11H2,1H3,(H2,27,29,30)/t18-,20+/m1/s1. The lowest BCUT2D eigenvalue weighted by Crippen LogP contribution is -2.47. The third-order valence-corrected chi connectivity index (χ3v) is 5.66. The largest absolute Gasteiger partial charge is 0.423 e. The fourth-order valence-electron chi connectivity index (χ4n) is 3.64. The number of halogens is 5. The van der Waals surface area contributed by atoms with E-state index in [-0.39, 0.29) is 22.1 Å². The lowest BCUT2D eigenvalue weighted by Gasteiger charge is -2.32. The van der Waals surface area contributed by atoms with E-state index in [2.05, 4.69) is 16.0 Å². The number of nitrogens with one attached hydrogen (secondary N) is 3. The summed E-state index contributed by atoms with van der Waals surface area (Å²) in [6.45, 7) is 1.50. The number of urea groups is 1. The van der Waals surface area contributed by atoms with E-state index in [0.717, 1.165) is 23.3 Å². The first-order valence-electron chi connectivity index (χ1n) is 9.70. The Morgan fingerprint density at radius 2 is 1.84 bits per heavy atom. The fraction of sp³-hybridized carbons (Fsp3) is 0.381. The van der Waals surface area contributed by atoms with Crippen LogP contribution in [0.25, 0.3) is 0 Å². The van der Waals surface area contributed by atoms with E-state index in [0.29, 0.717) is 25.1 Å². The van der Waals surface area contributed by atoms with Crippen LogP contribution in [0.15, 0.2) is 36.4 Å². The summed E-state index contributed by atoms with van der Waals surface area (Å²) in [6.07, 6.45) is -3.59. The first-order chi connectivity index (χ1) is 14.5. The molecule has 5 nitrogen and oxygen atoms in total. The summed E-state index contributed by atoms with van der Waals surface area (Å²) < 4.78 is 41.4. The molecule has 0 bridgehead atoms. The summed E-state index contributed by atoms with van der Waals surface area (Å²) in [5.41, 5.74) is -1.37. The van der Waals surface area contributed by atoms with Gasteiger partial charge in [-0.1, -0.05) is 29.3 Å². The number of aliphatic hydroxyl groups is 1. The van der Waals surface area contributed by atoms with Crippen molar-refractivity contribution in [1.29, 1.82) is 0 Å². The molecule has 0 spiro atoms. The van der Waals surface area contributed by atoms with Gasteiger partial charge in [-0.2, -0.15) is 13.2 Å². The Morgan fingerprint density at radius 1 is 1.16 bits per heavy atom. The van der Waals surface area contributed by atoms with Gasteiger partial charge in [0.25, 0.3) is 0 Å². The second-order valence-corrected chi connectivity index (χ2v) is 8.25. The predicted molar refractivity (Wildman–Crippen MR) is 115 cm³/mol. The summed E-state index contributed by atoms with van der Waals surface area (Å²) in [5.74, 6) is 0. The van der Waals surface area contributed by atoms with E-state index in [4.69, 9.17) is 23.2 Å². The average molecular weight is 476 g/mol. The molecule has 168 valence electrons. The molecule has 0 aromatic heterocycles. The number of amides is 2. The van der Waals surface area contributed by atoms with Gasteiger partial charge in [0, 0.05) is 22.3 Å². The Labute approximate surface area is 187 Å². The first-order valence-corrected chi connectivity index (χ1v) is 10.5. The van der Waals surface area contributed by atoms with Crippen molar-refractivity contribution < 1.29 is 23.1 Å². The lowest BCUT2D eigenvalue weighted by atomic mass is 9.92. The maximum Gasteiger partial charge on any atom is 0.423 e. The normalized spacial score (nSPS) is 17.6. The molecule has 2 aromatic rings. The Hall–Kier alpha value is -2.16. The Bertz CT molecular complexity index is 951. The number of carbonyl (C=O) groups excluding carboxylic acids is 1. The molecule has 0 saturated heterocycles. The highest BCUT2D eigenvalue weighted by Gasteiger charge is 2.55. The smallest absolute Gasteiger partial charge is 0.381 e. The van der Waals surface area contributed by atoms with Crippen molar-refractivity contribution in [3.63, 3.8) is 0 Å². The van der Waals surface area contributed by atoms with Crippen molar-refractivity contribution >= 4 is 34.9 Å². The molecule has 1 aliphatic rings. The number of anilines is 1. The number of alkyl halides is 3. The molecule has 0 saturated carbocycles. The van der Waals surface area contributed by atoms with Gasteiger partial charge in [-0.15, -0.1) is 0 Å². The SMILES string of the molecule is CCNC(=O)N[C@@H]1CCc2cc(NC[C@](O)(c3cc(Cl)cc(Cl)c3)C(F)(F)F)ccc21. The number of carbonyl (C=O) groups is 1. The molecule has 31 heavy (non-hydrogen) atoms. The molecule has 0 radical (unpaired) electrons. The van der Waals surface area contributed by atoms with Crippen molar-refractivity contribution in [2.75, 3.05) is 18.4 Å². The van der Waals surface area contributed by atoms with Crippen LogP contribution < -0.4 is 16.0 Å². The number of rotatable bonds is 6. The minimum atomic E-state index is -4.97. The number of aryl methyl sites for hydroxylation is 1. The van der Waals surface area contributed by atoms with Crippen LogP contribution in [-0.4, -0.2) is 30.4 Å². The zero-order valence-electron chi connectivity index (χ0n) is 16.6. The van der Waals surface area contributed by atoms with E-state index in [1.54, 1.807) is 18.2 Å². The molecular weight excluding hydrogens is 454 g/mol. The molecule has 0 heterocycles. The minimum absolute atomic E-state index is 0.00615. The average Bonchev–Trinajstić information content (AvgIpc) is 3.06. The van der Waals surface area contributed by atoms with Gasteiger partial charge in [0.15, 0.2) is 0 Å². The van der Waals surface area contributed by atoms with Crippen molar-refractivity contribution in [2.45, 2.75) is 37.6 Å². The van der Waals surface area contributed by atoms with Gasteiger partial charge in [-0.25, -0.2) is 4.79 Å². The molecule has 2 atom stereocenters. The monoisotopic (exact) mass is 475 g/mol. The van der Waals surface area contributed by atoms with E-state index < -0.39 is 23.9 Å². The van der Waals surface area contributed by atoms with Gasteiger partial charge < -0.3 is 21.1 Å². The highest BCUT2D eigenvalue weighted by Crippen LogP contribution is 2.41. The summed E-state index contributed by atoms with van der Waals surface area (Å²) in [6, 6.07) is 8.09. The van der Waals surface area contributed by atoms with Gasteiger partial charge in [0.05, 0.1) is 12.6 Å². The Morgan fingerprint density at radius 3 is 2.45 bits per heavy atom. The molecular formula is C21H22Cl2F3N3O2. The number of hydrogen-bond acceptors (Lipinski definition) is 3. The van der Waals surface area contributed by atoms with E-state index >= 15 is 0 Å². The topological polar surface area (TPSA) is 73.4 Å². The van der Waals surface area contributed by atoms with Crippen LogP contribution in [0.1, 0.15) is 36.1 Å². The quantitative estimate of drug-likeness (QED) is 0.466. The van der Waals surface area contributed by atoms with Crippen LogP contribution >= 0.6 is 23.2 Å². The van der Waals surface area contributed by atoms with Crippen LogP contribution in [0.2, 0.25) is 10.0 Å². The zero-order valence-corrected chi connectivity index (χ0v) is 18.1. The van der Waals surface area contributed by atoms with E-state index in [9.17, 15) is 23.1 Å². The van der Waals surface area contributed by atoms with Crippen LogP contribution in [0.5, 0.6) is 0 Å². The van der Waals surface area contributed by atoms with Crippen LogP contribution in [0, 0.1) is 0 Å². The third kappa shape index (κ3) is 5.19. The second kappa shape index (κ2) is 9.14. The molecule has 0 aliphatic heterocycles. The molecule has 0 unspecified atom stereocenters. The summed E-state index contributed by atoms with van der Waals surface area (Å²) in [5, 5.41) is 18.8. The second-order valence-electron chi connectivity index (χ2n) is 7.38. The lowest BCUT2D eigenvalue weighted by molar-refractivity contribution is -0.260. The van der Waals surface area contributed by atoms with Gasteiger partial charge >= 0.3 is 12.2 Å². The summed E-state index contributed by atoms with van der Waals surface area (Å²) in [4.78, 5) is 11.8. The van der Waals surface area contributed by atoms with E-state index in [1.807, 2.05) is 6.92 Å². The highest BCUT2D eigenvalue weighted by molar-refractivity contribution is 6.34. The molecule has 2 aromatic carbocycles. The highest BCUT2D eigenvalue weighted by atomic mass is 35.5. The molecule has 3 rings (SSSR count). The van der Waals surface area contributed by atoms with Crippen molar-refractivity contribution in [1.82, 2.24) is 10.6 Å². The number of fused-ring (bicyclic) bond motifs is 1.